The zero-order valence-corrected chi connectivity index (χ0v) is 10.3. The maximum absolute atomic E-state index is 11.9. The molecule has 2 aromatic rings. The average molecular weight is 274 g/mol. The van der Waals surface area contributed by atoms with E-state index in [0.29, 0.717) is 17.4 Å². The van der Waals surface area contributed by atoms with Crippen LogP contribution in [0, 0.1) is 0 Å². The van der Waals surface area contributed by atoms with Crippen molar-refractivity contribution in [3.8, 4) is 0 Å². The van der Waals surface area contributed by atoms with Gasteiger partial charge in [-0.15, -0.1) is 0 Å². The van der Waals surface area contributed by atoms with E-state index in [1.807, 2.05) is 0 Å². The van der Waals surface area contributed by atoms with Crippen LogP contribution in [0.2, 0.25) is 0 Å². The molecule has 3 rings (SSSR count). The van der Waals surface area contributed by atoms with Gasteiger partial charge in [-0.2, -0.15) is 0 Å². The summed E-state index contributed by atoms with van der Waals surface area (Å²) in [5.41, 5.74) is -0.0475. The average Bonchev–Trinajstić information content (AvgIpc) is 2.84. The Balaban J connectivity index is 1.92. The predicted molar refractivity (Wildman–Crippen MR) is 67.3 cm³/mol. The van der Waals surface area contributed by atoms with Crippen molar-refractivity contribution in [2.24, 2.45) is 0 Å². The SMILES string of the molecule is O=C(O[C@H]1CCOC1=O)c1cc(=O)c2ccccc2o1. The molecule has 1 saturated heterocycles. The fraction of sp³-hybridized carbons (Fsp3) is 0.214. The van der Waals surface area contributed by atoms with Gasteiger partial charge in [0.1, 0.15) is 5.58 Å². The molecular weight excluding hydrogens is 264 g/mol. The summed E-state index contributed by atoms with van der Waals surface area (Å²) < 4.78 is 15.0. The van der Waals surface area contributed by atoms with Gasteiger partial charge in [0.15, 0.2) is 5.43 Å². The molecule has 0 radical (unpaired) electrons. The second-order valence-electron chi connectivity index (χ2n) is 4.32. The normalized spacial score (nSPS) is 18.0. The first-order chi connectivity index (χ1) is 9.65. The van der Waals surface area contributed by atoms with Gasteiger partial charge >= 0.3 is 11.9 Å². The predicted octanol–water partition coefficient (Wildman–Crippen LogP) is 1.27. The highest BCUT2D eigenvalue weighted by atomic mass is 16.6. The van der Waals surface area contributed by atoms with Gasteiger partial charge in [0.25, 0.3) is 0 Å². The summed E-state index contributed by atoms with van der Waals surface area (Å²) in [5, 5.41) is 0.379. The number of carbonyl (C=O) groups is 2. The van der Waals surface area contributed by atoms with E-state index in [9.17, 15) is 14.4 Å². The first kappa shape index (κ1) is 12.4. The number of hydrogen-bond donors (Lipinski definition) is 0. The summed E-state index contributed by atoms with van der Waals surface area (Å²) in [5.74, 6) is -1.66. The summed E-state index contributed by atoms with van der Waals surface area (Å²) in [6.45, 7) is 0.221. The first-order valence-corrected chi connectivity index (χ1v) is 6.05. The maximum atomic E-state index is 11.9. The van der Waals surface area contributed by atoms with Crippen LogP contribution in [0.5, 0.6) is 0 Å². The monoisotopic (exact) mass is 274 g/mol. The molecule has 0 N–H and O–H groups in total. The number of esters is 2. The number of benzene rings is 1. The van der Waals surface area contributed by atoms with Crippen molar-refractivity contribution < 1.29 is 23.5 Å². The molecule has 102 valence electrons. The van der Waals surface area contributed by atoms with E-state index < -0.39 is 18.0 Å². The van der Waals surface area contributed by atoms with Crippen LogP contribution in [0.3, 0.4) is 0 Å². The summed E-state index contributed by atoms with van der Waals surface area (Å²) in [4.78, 5) is 35.0. The molecule has 20 heavy (non-hydrogen) atoms. The highest BCUT2D eigenvalue weighted by Crippen LogP contribution is 2.16. The second kappa shape index (κ2) is 4.80. The third kappa shape index (κ3) is 2.16. The maximum Gasteiger partial charge on any atom is 0.375 e. The lowest BCUT2D eigenvalue weighted by molar-refractivity contribution is -0.145. The highest BCUT2D eigenvalue weighted by molar-refractivity contribution is 5.91. The van der Waals surface area contributed by atoms with Gasteiger partial charge < -0.3 is 13.9 Å². The number of para-hydroxylation sites is 1. The Morgan fingerprint density at radius 2 is 2.05 bits per heavy atom. The van der Waals surface area contributed by atoms with E-state index in [1.54, 1.807) is 24.3 Å². The number of rotatable bonds is 2. The number of fused-ring (bicyclic) bond motifs is 1. The fourth-order valence-corrected chi connectivity index (χ4v) is 1.98. The second-order valence-corrected chi connectivity index (χ2v) is 4.32. The minimum atomic E-state index is -0.931. The molecule has 1 aromatic heterocycles. The molecule has 2 heterocycles. The number of carbonyl (C=O) groups excluding carboxylic acids is 2. The van der Waals surface area contributed by atoms with Gasteiger partial charge in [0.05, 0.1) is 12.0 Å². The van der Waals surface area contributed by atoms with Crippen molar-refractivity contribution >= 4 is 22.9 Å². The van der Waals surface area contributed by atoms with E-state index in [0.717, 1.165) is 6.07 Å². The molecule has 1 fully saturated rings. The molecule has 0 aliphatic carbocycles. The zero-order valence-electron chi connectivity index (χ0n) is 10.3. The summed E-state index contributed by atoms with van der Waals surface area (Å²) in [6.07, 6.45) is -0.623. The lowest BCUT2D eigenvalue weighted by Gasteiger charge is -2.07. The fourth-order valence-electron chi connectivity index (χ4n) is 1.98. The molecule has 6 nitrogen and oxygen atoms in total. The Labute approximate surface area is 112 Å². The van der Waals surface area contributed by atoms with E-state index >= 15 is 0 Å². The molecule has 0 amide bonds. The third-order valence-corrected chi connectivity index (χ3v) is 2.97. The summed E-state index contributed by atoms with van der Waals surface area (Å²) >= 11 is 0. The molecule has 6 heteroatoms. The largest absolute Gasteiger partial charge is 0.463 e. The Morgan fingerprint density at radius 1 is 1.25 bits per heavy atom. The molecule has 1 aromatic carbocycles. The van der Waals surface area contributed by atoms with Crippen LogP contribution in [0.4, 0.5) is 0 Å². The Hall–Kier alpha value is -2.63. The third-order valence-electron chi connectivity index (χ3n) is 2.97. The van der Waals surface area contributed by atoms with Crippen molar-refractivity contribution in [1.82, 2.24) is 0 Å². The van der Waals surface area contributed by atoms with Gasteiger partial charge in [0, 0.05) is 12.5 Å². The Bertz CT molecular complexity index is 745. The minimum absolute atomic E-state index is 0.221. The van der Waals surface area contributed by atoms with Crippen molar-refractivity contribution in [3.05, 3.63) is 46.3 Å². The van der Waals surface area contributed by atoms with Gasteiger partial charge in [-0.25, -0.2) is 9.59 Å². The van der Waals surface area contributed by atoms with Crippen molar-refractivity contribution in [1.29, 1.82) is 0 Å². The quantitative estimate of drug-likeness (QED) is 0.767. The van der Waals surface area contributed by atoms with Crippen LogP contribution in [-0.4, -0.2) is 24.6 Å². The van der Waals surface area contributed by atoms with Crippen molar-refractivity contribution in [2.45, 2.75) is 12.5 Å². The molecule has 0 saturated carbocycles. The van der Waals surface area contributed by atoms with Crippen LogP contribution in [0.1, 0.15) is 17.0 Å². The summed E-state index contributed by atoms with van der Waals surface area (Å²) in [6, 6.07) is 7.63. The van der Waals surface area contributed by atoms with Gasteiger partial charge in [-0.3, -0.25) is 4.79 Å². The molecule has 0 bridgehead atoms. The molecule has 1 aliphatic heterocycles. The molecular formula is C14H10O6. The molecule has 0 spiro atoms. The van der Waals surface area contributed by atoms with E-state index in [2.05, 4.69) is 4.74 Å². The van der Waals surface area contributed by atoms with Crippen LogP contribution < -0.4 is 5.43 Å². The van der Waals surface area contributed by atoms with Crippen molar-refractivity contribution in [2.75, 3.05) is 6.61 Å². The lowest BCUT2D eigenvalue weighted by atomic mass is 10.2. The Morgan fingerprint density at radius 3 is 2.80 bits per heavy atom. The topological polar surface area (TPSA) is 82.8 Å². The van der Waals surface area contributed by atoms with Crippen LogP contribution >= 0.6 is 0 Å². The van der Waals surface area contributed by atoms with Crippen LogP contribution in [-0.2, 0) is 14.3 Å². The minimum Gasteiger partial charge on any atom is -0.463 e. The first-order valence-electron chi connectivity index (χ1n) is 6.05. The van der Waals surface area contributed by atoms with Gasteiger partial charge in [-0.05, 0) is 12.1 Å². The van der Waals surface area contributed by atoms with Crippen molar-refractivity contribution in [3.63, 3.8) is 0 Å². The zero-order chi connectivity index (χ0) is 14.1. The van der Waals surface area contributed by atoms with Gasteiger partial charge in [-0.1, -0.05) is 12.1 Å². The number of cyclic esters (lactones) is 1. The summed E-state index contributed by atoms with van der Waals surface area (Å²) in [7, 11) is 0. The molecule has 0 unspecified atom stereocenters. The highest BCUT2D eigenvalue weighted by Gasteiger charge is 2.31. The van der Waals surface area contributed by atoms with E-state index in [4.69, 9.17) is 9.15 Å². The smallest absolute Gasteiger partial charge is 0.375 e. The molecule has 1 atom stereocenters. The van der Waals surface area contributed by atoms with E-state index in [-0.39, 0.29) is 17.8 Å². The lowest BCUT2D eigenvalue weighted by Crippen LogP contribution is -2.23. The number of ether oxygens (including phenoxy) is 2. The van der Waals surface area contributed by atoms with Gasteiger partial charge in [0.2, 0.25) is 11.9 Å². The van der Waals surface area contributed by atoms with Crippen LogP contribution in [0.25, 0.3) is 11.0 Å². The Kier molecular flexibility index (Phi) is 2.98. The van der Waals surface area contributed by atoms with E-state index in [1.165, 1.54) is 0 Å². The number of hydrogen-bond acceptors (Lipinski definition) is 6. The van der Waals surface area contributed by atoms with Crippen LogP contribution in [0.15, 0.2) is 39.5 Å². The standard InChI is InChI=1S/C14H10O6/c15-9-7-12(19-10-4-2-1-3-8(9)10)14(17)20-11-5-6-18-13(11)16/h1-4,7,11H,5-6H2/t11-/m0/s1. The molecule has 1 aliphatic rings.